The molecule has 3 N–H and O–H groups in total. The minimum absolute atomic E-state index is 0.0439. The Morgan fingerprint density at radius 2 is 1.70 bits per heavy atom. The monoisotopic (exact) mass is 373 g/mol. The van der Waals surface area contributed by atoms with Crippen LogP contribution >= 0.6 is 0 Å². The van der Waals surface area contributed by atoms with Crippen molar-refractivity contribution >= 4 is 23.3 Å². The number of amides is 3. The van der Waals surface area contributed by atoms with Gasteiger partial charge in [-0.1, -0.05) is 12.1 Å². The summed E-state index contributed by atoms with van der Waals surface area (Å²) < 4.78 is 18.5. The Balaban J connectivity index is 1.63. The molecule has 142 valence electrons. The number of nitrogens with one attached hydrogen (secondary N) is 2. The maximum atomic E-state index is 12.9. The molecule has 3 amide bonds. The average Bonchev–Trinajstić information content (AvgIpc) is 2.66. The normalized spacial score (nSPS) is 19.7. The Labute approximate surface area is 155 Å². The number of anilines is 2. The molecule has 2 aromatic carbocycles. The third-order valence-electron chi connectivity index (χ3n) is 4.41. The Hall–Kier alpha value is -2.97. The van der Waals surface area contributed by atoms with Gasteiger partial charge in [-0.3, -0.25) is 4.79 Å². The lowest BCUT2D eigenvalue weighted by molar-refractivity contribution is -0.157. The van der Waals surface area contributed by atoms with Crippen LogP contribution in [0.1, 0.15) is 11.7 Å². The first-order chi connectivity index (χ1) is 13.0. The number of morpholine rings is 1. The van der Waals surface area contributed by atoms with Crippen LogP contribution in [0.3, 0.4) is 0 Å². The van der Waals surface area contributed by atoms with E-state index in [1.165, 1.54) is 29.2 Å². The van der Waals surface area contributed by atoms with E-state index in [1.807, 2.05) is 0 Å². The van der Waals surface area contributed by atoms with Crippen LogP contribution in [0.2, 0.25) is 0 Å². The maximum Gasteiger partial charge on any atom is 0.323 e. The minimum atomic E-state index is -0.466. The number of hydrogen-bond donors (Lipinski definition) is 3. The van der Waals surface area contributed by atoms with Crippen molar-refractivity contribution < 1.29 is 23.8 Å². The van der Waals surface area contributed by atoms with Gasteiger partial charge in [0.25, 0.3) is 0 Å². The smallest absolute Gasteiger partial charge is 0.323 e. The SMILES string of the molecule is CN1C(=O)CO[C@H](c2ccc(NC(=O)Nc3ccc(F)cc3)cc2)[C@H]1CO. The highest BCUT2D eigenvalue weighted by atomic mass is 19.1. The van der Waals surface area contributed by atoms with E-state index in [9.17, 15) is 19.1 Å². The number of aliphatic hydroxyl groups is 1. The maximum absolute atomic E-state index is 12.9. The summed E-state index contributed by atoms with van der Waals surface area (Å²) in [4.78, 5) is 25.2. The van der Waals surface area contributed by atoms with Gasteiger partial charge in [0.15, 0.2) is 0 Å². The molecule has 0 aromatic heterocycles. The molecule has 0 spiro atoms. The first kappa shape index (κ1) is 18.8. The molecule has 7 nitrogen and oxygen atoms in total. The standard InChI is InChI=1S/C19H20FN3O4/c1-23-16(10-24)18(27-11-17(23)25)12-2-6-14(7-3-12)21-19(26)22-15-8-4-13(20)5-9-15/h2-9,16,18,24H,10-11H2,1H3,(H2,21,22,26)/t16-,18-/m1/s1. The number of urea groups is 1. The second-order valence-electron chi connectivity index (χ2n) is 6.19. The molecule has 1 aliphatic rings. The van der Waals surface area contributed by atoms with Crippen LogP contribution in [0.25, 0.3) is 0 Å². The highest BCUT2D eigenvalue weighted by molar-refractivity contribution is 5.99. The van der Waals surface area contributed by atoms with E-state index in [0.29, 0.717) is 11.4 Å². The molecule has 2 atom stereocenters. The number of ether oxygens (including phenoxy) is 1. The molecule has 27 heavy (non-hydrogen) atoms. The summed E-state index contributed by atoms with van der Waals surface area (Å²) >= 11 is 0. The lowest BCUT2D eigenvalue weighted by atomic mass is 9.99. The molecule has 3 rings (SSSR count). The summed E-state index contributed by atoms with van der Waals surface area (Å²) in [5.41, 5.74) is 1.82. The molecule has 0 radical (unpaired) electrons. The predicted molar refractivity (Wildman–Crippen MR) is 97.8 cm³/mol. The number of hydrogen-bond acceptors (Lipinski definition) is 4. The van der Waals surface area contributed by atoms with Crippen molar-refractivity contribution in [3.63, 3.8) is 0 Å². The molecular formula is C19H20FN3O4. The third-order valence-corrected chi connectivity index (χ3v) is 4.41. The number of halogens is 1. The average molecular weight is 373 g/mol. The summed E-state index contributed by atoms with van der Waals surface area (Å²) in [7, 11) is 1.63. The molecule has 1 saturated heterocycles. The van der Waals surface area contributed by atoms with Crippen molar-refractivity contribution in [1.29, 1.82) is 0 Å². The van der Waals surface area contributed by atoms with Gasteiger partial charge in [-0.25, -0.2) is 9.18 Å². The van der Waals surface area contributed by atoms with Gasteiger partial charge in [-0.05, 0) is 42.0 Å². The fourth-order valence-corrected chi connectivity index (χ4v) is 2.88. The van der Waals surface area contributed by atoms with E-state index in [-0.39, 0.29) is 24.9 Å². The zero-order valence-electron chi connectivity index (χ0n) is 14.7. The Morgan fingerprint density at radius 1 is 1.15 bits per heavy atom. The molecule has 2 aromatic rings. The molecule has 1 fully saturated rings. The van der Waals surface area contributed by atoms with Crippen molar-refractivity contribution in [3.8, 4) is 0 Å². The fraction of sp³-hybridized carbons (Fsp3) is 0.263. The van der Waals surface area contributed by atoms with Gasteiger partial charge < -0.3 is 25.4 Å². The fourth-order valence-electron chi connectivity index (χ4n) is 2.88. The first-order valence-electron chi connectivity index (χ1n) is 8.39. The zero-order valence-corrected chi connectivity index (χ0v) is 14.7. The second kappa shape index (κ2) is 8.15. The van der Waals surface area contributed by atoms with Gasteiger partial charge in [0, 0.05) is 18.4 Å². The quantitative estimate of drug-likeness (QED) is 0.767. The molecular weight excluding hydrogens is 353 g/mol. The molecule has 0 aliphatic carbocycles. The number of nitrogens with zero attached hydrogens (tertiary/aromatic N) is 1. The second-order valence-corrected chi connectivity index (χ2v) is 6.19. The van der Waals surface area contributed by atoms with Crippen molar-refractivity contribution in [2.75, 3.05) is 30.9 Å². The van der Waals surface area contributed by atoms with Crippen molar-refractivity contribution in [3.05, 3.63) is 59.9 Å². The van der Waals surface area contributed by atoms with Gasteiger partial charge in [0.1, 0.15) is 18.5 Å². The highest BCUT2D eigenvalue weighted by Gasteiger charge is 2.34. The molecule has 0 bridgehead atoms. The first-order valence-corrected chi connectivity index (χ1v) is 8.39. The Morgan fingerprint density at radius 3 is 2.26 bits per heavy atom. The Bertz CT molecular complexity index is 811. The molecule has 0 unspecified atom stereocenters. The van der Waals surface area contributed by atoms with Crippen LogP contribution in [-0.4, -0.2) is 48.2 Å². The zero-order chi connectivity index (χ0) is 19.4. The van der Waals surface area contributed by atoms with Crippen LogP contribution < -0.4 is 10.6 Å². The van der Waals surface area contributed by atoms with E-state index in [4.69, 9.17) is 4.74 Å². The van der Waals surface area contributed by atoms with Crippen LogP contribution in [0.5, 0.6) is 0 Å². The largest absolute Gasteiger partial charge is 0.394 e. The van der Waals surface area contributed by atoms with E-state index in [0.717, 1.165) is 5.56 Å². The van der Waals surface area contributed by atoms with Crippen LogP contribution in [0.4, 0.5) is 20.6 Å². The van der Waals surface area contributed by atoms with Crippen LogP contribution in [0.15, 0.2) is 48.5 Å². The molecule has 1 heterocycles. The van der Waals surface area contributed by atoms with Crippen LogP contribution in [-0.2, 0) is 9.53 Å². The molecule has 0 saturated carbocycles. The van der Waals surface area contributed by atoms with Gasteiger partial charge in [0.05, 0.1) is 12.6 Å². The predicted octanol–water partition coefficient (Wildman–Crippen LogP) is 2.36. The van der Waals surface area contributed by atoms with Gasteiger partial charge in [-0.2, -0.15) is 0 Å². The van der Waals surface area contributed by atoms with E-state index in [2.05, 4.69) is 10.6 Å². The van der Waals surface area contributed by atoms with Crippen molar-refractivity contribution in [2.45, 2.75) is 12.1 Å². The van der Waals surface area contributed by atoms with Gasteiger partial charge in [-0.15, -0.1) is 0 Å². The Kier molecular flexibility index (Phi) is 5.68. The number of aliphatic hydroxyl groups excluding tert-OH is 1. The minimum Gasteiger partial charge on any atom is -0.394 e. The van der Waals surface area contributed by atoms with Gasteiger partial charge in [0.2, 0.25) is 5.91 Å². The summed E-state index contributed by atoms with van der Waals surface area (Å²) in [6, 6.07) is 11.5. The topological polar surface area (TPSA) is 90.9 Å². The molecule has 1 aliphatic heterocycles. The van der Waals surface area contributed by atoms with Crippen molar-refractivity contribution in [1.82, 2.24) is 4.90 Å². The van der Waals surface area contributed by atoms with Crippen LogP contribution in [0, 0.1) is 5.82 Å². The van der Waals surface area contributed by atoms with Gasteiger partial charge >= 0.3 is 6.03 Å². The third kappa shape index (κ3) is 4.42. The summed E-state index contributed by atoms with van der Waals surface area (Å²) in [5.74, 6) is -0.559. The number of rotatable bonds is 4. The number of carbonyl (C=O) groups is 2. The number of carbonyl (C=O) groups excluding carboxylic acids is 2. The van der Waals surface area contributed by atoms with E-state index >= 15 is 0 Å². The van der Waals surface area contributed by atoms with E-state index in [1.54, 1.807) is 31.3 Å². The molecule has 8 heteroatoms. The summed E-state index contributed by atoms with van der Waals surface area (Å²) in [5, 5.41) is 14.9. The van der Waals surface area contributed by atoms with Crippen molar-refractivity contribution in [2.24, 2.45) is 0 Å². The lowest BCUT2D eigenvalue weighted by Crippen LogP contribution is -2.50. The highest BCUT2D eigenvalue weighted by Crippen LogP contribution is 2.29. The summed E-state index contributed by atoms with van der Waals surface area (Å²) in [6.45, 7) is -0.259. The number of benzene rings is 2. The number of likely N-dealkylation sites (N-methyl/N-ethyl adjacent to an activating group) is 1. The van der Waals surface area contributed by atoms with E-state index < -0.39 is 18.2 Å². The summed E-state index contributed by atoms with van der Waals surface area (Å²) in [6.07, 6.45) is -0.445. The lowest BCUT2D eigenvalue weighted by Gasteiger charge is -2.38.